The van der Waals surface area contributed by atoms with Crippen LogP contribution >= 0.6 is 0 Å². The van der Waals surface area contributed by atoms with Gasteiger partial charge in [0.05, 0.1) is 5.69 Å². The highest BCUT2D eigenvalue weighted by Gasteiger charge is 2.14. The van der Waals surface area contributed by atoms with Crippen LogP contribution < -0.4 is 15.2 Å². The summed E-state index contributed by atoms with van der Waals surface area (Å²) in [7, 11) is 1.94. The van der Waals surface area contributed by atoms with Gasteiger partial charge in [0.2, 0.25) is 0 Å². The average Bonchev–Trinajstić information content (AvgIpc) is 2.80. The van der Waals surface area contributed by atoms with E-state index >= 15 is 0 Å². The Morgan fingerprint density at radius 1 is 1.21 bits per heavy atom. The molecule has 1 aromatic carbocycles. The summed E-state index contributed by atoms with van der Waals surface area (Å²) in [6, 6.07) is 7.98. The number of nitrogens with two attached hydrogens (primary N) is 1. The Morgan fingerprint density at radius 2 is 2.00 bits per heavy atom. The van der Waals surface area contributed by atoms with Gasteiger partial charge in [-0.3, -0.25) is 4.68 Å². The van der Waals surface area contributed by atoms with Crippen molar-refractivity contribution in [2.45, 2.75) is 6.42 Å². The molecule has 19 heavy (non-hydrogen) atoms. The largest absolute Gasteiger partial charge is 0.486 e. The molecule has 0 fully saturated rings. The monoisotopic (exact) mass is 259 g/mol. The standard InChI is InChI=1S/C14H17N3O2/c1-17-11(4-5-15)9-12(16-17)10-2-3-13-14(8-10)19-7-6-18-13/h2-3,8-9H,4-7,15H2,1H3. The zero-order valence-electron chi connectivity index (χ0n) is 10.9. The summed E-state index contributed by atoms with van der Waals surface area (Å²) in [4.78, 5) is 0. The first kappa shape index (κ1) is 12.0. The van der Waals surface area contributed by atoms with Gasteiger partial charge in [0, 0.05) is 24.7 Å². The molecule has 2 N–H and O–H groups in total. The van der Waals surface area contributed by atoms with Crippen molar-refractivity contribution in [1.29, 1.82) is 0 Å². The number of fused-ring (bicyclic) bond motifs is 1. The number of hydrogen-bond acceptors (Lipinski definition) is 4. The zero-order chi connectivity index (χ0) is 13.2. The topological polar surface area (TPSA) is 62.3 Å². The van der Waals surface area contributed by atoms with Gasteiger partial charge in [-0.2, -0.15) is 5.10 Å². The minimum absolute atomic E-state index is 0.594. The number of nitrogens with zero attached hydrogens (tertiary/aromatic N) is 2. The molecule has 1 aliphatic rings. The molecule has 0 atom stereocenters. The molecule has 1 aromatic heterocycles. The van der Waals surface area contributed by atoms with Crippen molar-refractivity contribution in [1.82, 2.24) is 9.78 Å². The lowest BCUT2D eigenvalue weighted by Crippen LogP contribution is -2.15. The molecule has 0 unspecified atom stereocenters. The van der Waals surface area contributed by atoms with Crippen molar-refractivity contribution in [2.75, 3.05) is 19.8 Å². The van der Waals surface area contributed by atoms with E-state index in [1.54, 1.807) is 0 Å². The van der Waals surface area contributed by atoms with Crippen LogP contribution in [0.3, 0.4) is 0 Å². The minimum atomic E-state index is 0.594. The van der Waals surface area contributed by atoms with Crippen LogP contribution in [-0.2, 0) is 13.5 Å². The summed E-state index contributed by atoms with van der Waals surface area (Å²) < 4.78 is 13.0. The lowest BCUT2D eigenvalue weighted by molar-refractivity contribution is 0.171. The molecule has 0 saturated carbocycles. The number of rotatable bonds is 3. The van der Waals surface area contributed by atoms with Crippen LogP contribution in [0.5, 0.6) is 11.5 Å². The van der Waals surface area contributed by atoms with Gasteiger partial charge < -0.3 is 15.2 Å². The molecule has 5 nitrogen and oxygen atoms in total. The highest BCUT2D eigenvalue weighted by molar-refractivity contribution is 5.64. The Balaban J connectivity index is 1.95. The van der Waals surface area contributed by atoms with Crippen molar-refractivity contribution in [3.05, 3.63) is 30.0 Å². The van der Waals surface area contributed by atoms with Crippen LogP contribution in [0.25, 0.3) is 11.3 Å². The van der Waals surface area contributed by atoms with Crippen LogP contribution in [0.2, 0.25) is 0 Å². The maximum Gasteiger partial charge on any atom is 0.162 e. The number of ether oxygens (including phenoxy) is 2. The Morgan fingerprint density at radius 3 is 2.79 bits per heavy atom. The van der Waals surface area contributed by atoms with E-state index in [4.69, 9.17) is 15.2 Å². The van der Waals surface area contributed by atoms with E-state index in [2.05, 4.69) is 11.2 Å². The van der Waals surface area contributed by atoms with Crippen LogP contribution in [0.15, 0.2) is 24.3 Å². The molecular formula is C14H17N3O2. The smallest absolute Gasteiger partial charge is 0.162 e. The molecule has 0 saturated heterocycles. The Hall–Kier alpha value is -2.01. The van der Waals surface area contributed by atoms with Crippen LogP contribution in [-0.4, -0.2) is 29.5 Å². The zero-order valence-corrected chi connectivity index (χ0v) is 10.9. The average molecular weight is 259 g/mol. The summed E-state index contributed by atoms with van der Waals surface area (Å²) in [5.41, 5.74) is 8.69. The second-order valence-corrected chi connectivity index (χ2v) is 4.54. The quantitative estimate of drug-likeness (QED) is 0.904. The van der Waals surface area contributed by atoms with Gasteiger partial charge in [-0.05, 0) is 30.8 Å². The van der Waals surface area contributed by atoms with E-state index < -0.39 is 0 Å². The summed E-state index contributed by atoms with van der Waals surface area (Å²) in [6.45, 7) is 1.83. The first-order chi connectivity index (χ1) is 9.28. The van der Waals surface area contributed by atoms with Gasteiger partial charge in [0.25, 0.3) is 0 Å². The van der Waals surface area contributed by atoms with E-state index in [1.807, 2.05) is 29.9 Å². The third-order valence-electron chi connectivity index (χ3n) is 3.22. The molecule has 0 aliphatic carbocycles. The summed E-state index contributed by atoms with van der Waals surface area (Å²) >= 11 is 0. The number of aromatic nitrogens is 2. The van der Waals surface area contributed by atoms with Crippen molar-refractivity contribution in [2.24, 2.45) is 12.8 Å². The number of aryl methyl sites for hydroxylation is 1. The van der Waals surface area contributed by atoms with Crippen molar-refractivity contribution < 1.29 is 9.47 Å². The lowest BCUT2D eigenvalue weighted by Gasteiger charge is -2.18. The fourth-order valence-corrected chi connectivity index (χ4v) is 2.23. The first-order valence-electron chi connectivity index (χ1n) is 6.41. The molecular weight excluding hydrogens is 242 g/mol. The molecule has 2 heterocycles. The Kier molecular flexibility index (Phi) is 3.13. The minimum Gasteiger partial charge on any atom is -0.486 e. The van der Waals surface area contributed by atoms with Gasteiger partial charge in [-0.25, -0.2) is 0 Å². The third kappa shape index (κ3) is 2.29. The molecule has 0 amide bonds. The third-order valence-corrected chi connectivity index (χ3v) is 3.22. The fraction of sp³-hybridized carbons (Fsp3) is 0.357. The van der Waals surface area contributed by atoms with E-state index in [1.165, 1.54) is 0 Å². The predicted octanol–water partition coefficient (Wildman–Crippen LogP) is 1.36. The maximum atomic E-state index is 5.59. The van der Waals surface area contributed by atoms with E-state index in [0.29, 0.717) is 19.8 Å². The molecule has 5 heteroatoms. The normalized spacial score (nSPS) is 13.6. The fourth-order valence-electron chi connectivity index (χ4n) is 2.23. The summed E-state index contributed by atoms with van der Waals surface area (Å²) in [6.07, 6.45) is 0.827. The molecule has 0 spiro atoms. The lowest BCUT2D eigenvalue weighted by atomic mass is 10.1. The molecule has 0 radical (unpaired) electrons. The van der Waals surface area contributed by atoms with Gasteiger partial charge in [0.1, 0.15) is 13.2 Å². The second kappa shape index (κ2) is 4.93. The number of benzene rings is 1. The SMILES string of the molecule is Cn1nc(-c2ccc3c(c2)OCCO3)cc1CCN. The Labute approximate surface area is 111 Å². The van der Waals surface area contributed by atoms with Gasteiger partial charge >= 0.3 is 0 Å². The van der Waals surface area contributed by atoms with Gasteiger partial charge in [0.15, 0.2) is 11.5 Å². The maximum absolute atomic E-state index is 5.59. The highest BCUT2D eigenvalue weighted by atomic mass is 16.6. The van der Waals surface area contributed by atoms with Crippen LogP contribution in [0.1, 0.15) is 5.69 Å². The predicted molar refractivity (Wildman–Crippen MR) is 72.4 cm³/mol. The van der Waals surface area contributed by atoms with Gasteiger partial charge in [-0.1, -0.05) is 0 Å². The second-order valence-electron chi connectivity index (χ2n) is 4.54. The molecule has 3 rings (SSSR count). The Bertz CT molecular complexity index is 592. The molecule has 2 aromatic rings. The van der Waals surface area contributed by atoms with E-state index in [9.17, 15) is 0 Å². The van der Waals surface area contributed by atoms with Crippen molar-refractivity contribution in [3.63, 3.8) is 0 Å². The van der Waals surface area contributed by atoms with Crippen molar-refractivity contribution >= 4 is 0 Å². The summed E-state index contributed by atoms with van der Waals surface area (Å²) in [5.74, 6) is 1.59. The first-order valence-corrected chi connectivity index (χ1v) is 6.41. The summed E-state index contributed by atoms with van der Waals surface area (Å²) in [5, 5.41) is 4.51. The van der Waals surface area contributed by atoms with Crippen LogP contribution in [0.4, 0.5) is 0 Å². The molecule has 100 valence electrons. The number of hydrogen-bond donors (Lipinski definition) is 1. The van der Waals surface area contributed by atoms with Crippen molar-refractivity contribution in [3.8, 4) is 22.8 Å². The van der Waals surface area contributed by atoms with E-state index in [0.717, 1.165) is 34.9 Å². The highest BCUT2D eigenvalue weighted by Crippen LogP contribution is 2.34. The molecule has 1 aliphatic heterocycles. The molecule has 0 bridgehead atoms. The van der Waals surface area contributed by atoms with Crippen LogP contribution in [0, 0.1) is 0 Å². The van der Waals surface area contributed by atoms with Gasteiger partial charge in [-0.15, -0.1) is 0 Å². The van der Waals surface area contributed by atoms with E-state index in [-0.39, 0.29) is 0 Å².